The predicted molar refractivity (Wildman–Crippen MR) is 73.9 cm³/mol. The first-order valence-corrected chi connectivity index (χ1v) is 5.43. The van der Waals surface area contributed by atoms with Crippen LogP contribution in [0.1, 0.15) is 20.8 Å². The minimum absolute atomic E-state index is 1.08. The highest BCUT2D eigenvalue weighted by molar-refractivity contribution is 6.08. The van der Waals surface area contributed by atoms with Crippen LogP contribution in [0.3, 0.4) is 0 Å². The molecule has 0 atom stereocenters. The second-order valence-corrected chi connectivity index (χ2v) is 3.47. The lowest BCUT2D eigenvalue weighted by atomic mass is 10.0. The molecular weight excluding hydrogens is 194 g/mol. The third-order valence-corrected chi connectivity index (χ3v) is 2.36. The first-order chi connectivity index (χ1) is 7.62. The molecule has 0 aromatic carbocycles. The fraction of sp³-hybridized carbons (Fsp3) is 0.267. The molecule has 0 fully saturated rings. The Morgan fingerprint density at radius 3 is 2.19 bits per heavy atom. The van der Waals surface area contributed by atoms with Gasteiger partial charge in [-0.15, -0.1) is 0 Å². The van der Waals surface area contributed by atoms with Crippen molar-refractivity contribution >= 4 is 5.71 Å². The Balaban J connectivity index is 5.68. The summed E-state index contributed by atoms with van der Waals surface area (Å²) in [6.07, 6.45) is 11.8. The standard InChI is InChI=1S/C15H22N/c1-7-11-14(13(5)9-3)15(10-4)16(6)12-8-2/h7-12H,1,4H2,2-3,5-6H3/q+1/b12-8-,13-9-,14-11+,16-15-. The molecule has 0 radical (unpaired) electrons. The fourth-order valence-corrected chi connectivity index (χ4v) is 1.44. The maximum absolute atomic E-state index is 3.87. The molecule has 0 N–H and O–H groups in total. The molecule has 0 amide bonds. The molecule has 0 spiro atoms. The lowest BCUT2D eigenvalue weighted by Gasteiger charge is -2.05. The van der Waals surface area contributed by atoms with Crippen molar-refractivity contribution in [2.24, 2.45) is 0 Å². The SMILES string of the molecule is C=C/C=C(C(\C)=C/C)/C(C=C)=[N+](C)\C=C/C. The van der Waals surface area contributed by atoms with Crippen molar-refractivity contribution in [3.05, 3.63) is 60.9 Å². The van der Waals surface area contributed by atoms with Gasteiger partial charge in [0.05, 0.1) is 0 Å². The van der Waals surface area contributed by atoms with Gasteiger partial charge >= 0.3 is 0 Å². The van der Waals surface area contributed by atoms with Crippen LogP contribution >= 0.6 is 0 Å². The van der Waals surface area contributed by atoms with Gasteiger partial charge in [-0.2, -0.15) is 0 Å². The van der Waals surface area contributed by atoms with Gasteiger partial charge in [0.25, 0.3) is 0 Å². The van der Waals surface area contributed by atoms with Gasteiger partial charge in [-0.1, -0.05) is 25.3 Å². The van der Waals surface area contributed by atoms with Gasteiger partial charge in [0, 0.05) is 11.6 Å². The molecule has 0 saturated heterocycles. The lowest BCUT2D eigenvalue weighted by Crippen LogP contribution is -2.13. The quantitative estimate of drug-likeness (QED) is 0.373. The molecule has 16 heavy (non-hydrogen) atoms. The van der Waals surface area contributed by atoms with Crippen LogP contribution in [-0.4, -0.2) is 17.3 Å². The van der Waals surface area contributed by atoms with Gasteiger partial charge < -0.3 is 0 Å². The van der Waals surface area contributed by atoms with Gasteiger partial charge in [0.1, 0.15) is 7.05 Å². The van der Waals surface area contributed by atoms with E-state index < -0.39 is 0 Å². The molecule has 0 aliphatic heterocycles. The van der Waals surface area contributed by atoms with Crippen LogP contribution in [0.4, 0.5) is 0 Å². The van der Waals surface area contributed by atoms with Crippen LogP contribution in [-0.2, 0) is 0 Å². The normalized spacial score (nSPS) is 15.0. The third-order valence-electron chi connectivity index (χ3n) is 2.36. The van der Waals surface area contributed by atoms with Crippen LogP contribution in [0.2, 0.25) is 0 Å². The van der Waals surface area contributed by atoms with Crippen molar-refractivity contribution in [3.63, 3.8) is 0 Å². The maximum Gasteiger partial charge on any atom is 0.211 e. The fourth-order valence-electron chi connectivity index (χ4n) is 1.44. The van der Waals surface area contributed by atoms with Crippen molar-refractivity contribution in [2.45, 2.75) is 20.8 Å². The van der Waals surface area contributed by atoms with E-state index in [0.29, 0.717) is 0 Å². The summed E-state index contributed by atoms with van der Waals surface area (Å²) in [4.78, 5) is 0. The van der Waals surface area contributed by atoms with Gasteiger partial charge in [0.2, 0.25) is 5.71 Å². The second kappa shape index (κ2) is 7.63. The van der Waals surface area contributed by atoms with Crippen LogP contribution in [0.15, 0.2) is 60.9 Å². The summed E-state index contributed by atoms with van der Waals surface area (Å²) in [5, 5.41) is 0. The summed E-state index contributed by atoms with van der Waals surface area (Å²) in [6, 6.07) is 0. The summed E-state index contributed by atoms with van der Waals surface area (Å²) < 4.78 is 2.05. The zero-order chi connectivity index (χ0) is 12.6. The third kappa shape index (κ3) is 3.85. The predicted octanol–water partition coefficient (Wildman–Crippen LogP) is 3.87. The largest absolute Gasteiger partial charge is 0.211 e. The van der Waals surface area contributed by atoms with Gasteiger partial charge in [-0.25, -0.2) is 4.58 Å². The smallest absolute Gasteiger partial charge is 0.201 e. The maximum atomic E-state index is 3.87. The van der Waals surface area contributed by atoms with Crippen LogP contribution < -0.4 is 0 Å². The zero-order valence-corrected chi connectivity index (χ0v) is 10.8. The van der Waals surface area contributed by atoms with Crippen molar-refractivity contribution in [1.29, 1.82) is 0 Å². The first kappa shape index (κ1) is 14.4. The number of rotatable bonds is 5. The Morgan fingerprint density at radius 1 is 1.19 bits per heavy atom. The molecule has 0 aromatic heterocycles. The molecule has 1 nitrogen and oxygen atoms in total. The number of hydrogen-bond acceptors (Lipinski definition) is 0. The summed E-state index contributed by atoms with van der Waals surface area (Å²) >= 11 is 0. The highest BCUT2D eigenvalue weighted by atomic mass is 14.9. The molecule has 0 bridgehead atoms. The Morgan fingerprint density at radius 2 is 1.81 bits per heavy atom. The Kier molecular flexibility index (Phi) is 6.86. The number of allylic oxidation sites excluding steroid dienone is 7. The average Bonchev–Trinajstić information content (AvgIpc) is 2.28. The summed E-state index contributed by atoms with van der Waals surface area (Å²) in [6.45, 7) is 13.7. The van der Waals surface area contributed by atoms with E-state index in [2.05, 4.69) is 30.7 Å². The van der Waals surface area contributed by atoms with Crippen LogP contribution in [0.5, 0.6) is 0 Å². The van der Waals surface area contributed by atoms with Crippen molar-refractivity contribution in [3.8, 4) is 0 Å². The molecule has 1 heteroatoms. The van der Waals surface area contributed by atoms with Gasteiger partial charge in [-0.3, -0.25) is 0 Å². The zero-order valence-electron chi connectivity index (χ0n) is 10.8. The van der Waals surface area contributed by atoms with Crippen molar-refractivity contribution < 1.29 is 4.58 Å². The molecule has 86 valence electrons. The molecular formula is C15H22N+. The number of nitrogens with zero attached hydrogens (tertiary/aromatic N) is 1. The van der Waals surface area contributed by atoms with Crippen molar-refractivity contribution in [1.82, 2.24) is 0 Å². The Hall–Kier alpha value is -1.63. The minimum Gasteiger partial charge on any atom is -0.201 e. The van der Waals surface area contributed by atoms with E-state index in [4.69, 9.17) is 0 Å². The van der Waals surface area contributed by atoms with E-state index in [-0.39, 0.29) is 0 Å². The van der Waals surface area contributed by atoms with Gasteiger partial charge in [0.15, 0.2) is 6.20 Å². The Bertz CT molecular complexity index is 376. The van der Waals surface area contributed by atoms with E-state index >= 15 is 0 Å². The summed E-state index contributed by atoms with van der Waals surface area (Å²) in [5.74, 6) is 0. The van der Waals surface area contributed by atoms with E-state index in [1.807, 2.05) is 45.3 Å². The van der Waals surface area contributed by atoms with Gasteiger partial charge in [-0.05, 0) is 38.5 Å². The first-order valence-electron chi connectivity index (χ1n) is 5.43. The second-order valence-electron chi connectivity index (χ2n) is 3.47. The highest BCUT2D eigenvalue weighted by Crippen LogP contribution is 2.12. The van der Waals surface area contributed by atoms with Crippen LogP contribution in [0, 0.1) is 0 Å². The number of hydrogen-bond donors (Lipinski definition) is 0. The molecule has 0 aliphatic carbocycles. The molecule has 0 aromatic rings. The Labute approximate surface area is 99.5 Å². The van der Waals surface area contributed by atoms with E-state index in [0.717, 1.165) is 11.3 Å². The van der Waals surface area contributed by atoms with Crippen molar-refractivity contribution in [2.75, 3.05) is 7.05 Å². The average molecular weight is 216 g/mol. The summed E-state index contributed by atoms with van der Waals surface area (Å²) in [7, 11) is 2.01. The summed E-state index contributed by atoms with van der Waals surface area (Å²) in [5.41, 5.74) is 3.44. The van der Waals surface area contributed by atoms with E-state index in [9.17, 15) is 0 Å². The van der Waals surface area contributed by atoms with E-state index in [1.54, 1.807) is 6.08 Å². The topological polar surface area (TPSA) is 3.01 Å². The molecule has 0 rings (SSSR count). The minimum atomic E-state index is 1.08. The monoisotopic (exact) mass is 216 g/mol. The van der Waals surface area contributed by atoms with Crippen LogP contribution in [0.25, 0.3) is 0 Å². The van der Waals surface area contributed by atoms with E-state index in [1.165, 1.54) is 5.57 Å². The highest BCUT2D eigenvalue weighted by Gasteiger charge is 2.12. The molecule has 0 heterocycles. The molecule has 0 saturated carbocycles. The molecule has 0 unspecified atom stereocenters. The lowest BCUT2D eigenvalue weighted by molar-refractivity contribution is -0.420. The molecule has 0 aliphatic rings.